The van der Waals surface area contributed by atoms with Crippen LogP contribution in [0.5, 0.6) is 0 Å². The zero-order valence-electron chi connectivity index (χ0n) is 14.2. The molecule has 0 fully saturated rings. The topological polar surface area (TPSA) is 87.7 Å². The van der Waals surface area contributed by atoms with E-state index in [1.165, 1.54) is 12.1 Å². The SMILES string of the molecule is Cc1ccc(F)cc1S(=O)(=O)NCCc1n[nH]c(Cc2ccccc2)n1. The predicted molar refractivity (Wildman–Crippen MR) is 95.7 cm³/mol. The maximum absolute atomic E-state index is 13.3. The van der Waals surface area contributed by atoms with Crippen molar-refractivity contribution in [3.05, 3.63) is 77.1 Å². The van der Waals surface area contributed by atoms with Gasteiger partial charge in [-0.05, 0) is 30.2 Å². The third kappa shape index (κ3) is 4.53. The van der Waals surface area contributed by atoms with E-state index in [9.17, 15) is 12.8 Å². The third-order valence-corrected chi connectivity index (χ3v) is 5.48. The molecule has 0 aliphatic heterocycles. The van der Waals surface area contributed by atoms with Gasteiger partial charge in [0.25, 0.3) is 0 Å². The molecule has 26 heavy (non-hydrogen) atoms. The van der Waals surface area contributed by atoms with Crippen LogP contribution in [0.1, 0.15) is 22.8 Å². The van der Waals surface area contributed by atoms with Crippen LogP contribution in [0, 0.1) is 12.7 Å². The highest BCUT2D eigenvalue weighted by Gasteiger charge is 2.17. The van der Waals surface area contributed by atoms with Crippen molar-refractivity contribution >= 4 is 10.0 Å². The zero-order valence-corrected chi connectivity index (χ0v) is 15.1. The summed E-state index contributed by atoms with van der Waals surface area (Å²) in [4.78, 5) is 4.31. The van der Waals surface area contributed by atoms with E-state index in [-0.39, 0.29) is 11.4 Å². The molecule has 0 atom stereocenters. The number of aryl methyl sites for hydroxylation is 1. The summed E-state index contributed by atoms with van der Waals surface area (Å²) >= 11 is 0. The van der Waals surface area contributed by atoms with Gasteiger partial charge in [-0.2, -0.15) is 5.10 Å². The Labute approximate surface area is 151 Å². The fourth-order valence-electron chi connectivity index (χ4n) is 2.55. The number of hydrogen-bond donors (Lipinski definition) is 2. The number of rotatable bonds is 7. The first-order valence-electron chi connectivity index (χ1n) is 8.14. The van der Waals surface area contributed by atoms with Crippen molar-refractivity contribution in [1.29, 1.82) is 0 Å². The van der Waals surface area contributed by atoms with Gasteiger partial charge >= 0.3 is 0 Å². The van der Waals surface area contributed by atoms with Crippen LogP contribution in [0.4, 0.5) is 4.39 Å². The van der Waals surface area contributed by atoms with Crippen LogP contribution in [0.3, 0.4) is 0 Å². The Morgan fingerprint density at radius 3 is 2.69 bits per heavy atom. The van der Waals surface area contributed by atoms with Crippen molar-refractivity contribution in [3.8, 4) is 0 Å². The van der Waals surface area contributed by atoms with Crippen molar-refractivity contribution in [2.45, 2.75) is 24.7 Å². The maximum Gasteiger partial charge on any atom is 0.240 e. The Balaban J connectivity index is 1.59. The number of nitrogens with one attached hydrogen (secondary N) is 2. The number of halogens is 1. The minimum atomic E-state index is -3.78. The van der Waals surface area contributed by atoms with E-state index >= 15 is 0 Å². The van der Waals surface area contributed by atoms with Gasteiger partial charge in [0.1, 0.15) is 11.6 Å². The van der Waals surface area contributed by atoms with E-state index < -0.39 is 15.8 Å². The molecular formula is C18H19FN4O2S. The molecule has 0 unspecified atom stereocenters. The molecule has 2 N–H and O–H groups in total. The molecule has 0 amide bonds. The van der Waals surface area contributed by atoms with Gasteiger partial charge in [-0.15, -0.1) is 0 Å². The monoisotopic (exact) mass is 374 g/mol. The summed E-state index contributed by atoms with van der Waals surface area (Å²) in [5.41, 5.74) is 1.60. The lowest BCUT2D eigenvalue weighted by Crippen LogP contribution is -2.27. The number of benzene rings is 2. The van der Waals surface area contributed by atoms with Crippen LogP contribution < -0.4 is 4.72 Å². The Bertz CT molecular complexity index is 987. The van der Waals surface area contributed by atoms with Crippen molar-refractivity contribution in [2.75, 3.05) is 6.54 Å². The van der Waals surface area contributed by atoms with Crippen molar-refractivity contribution in [1.82, 2.24) is 19.9 Å². The molecule has 3 rings (SSSR count). The second-order valence-corrected chi connectivity index (χ2v) is 7.65. The molecule has 0 aliphatic carbocycles. The van der Waals surface area contributed by atoms with Gasteiger partial charge in [-0.1, -0.05) is 36.4 Å². The van der Waals surface area contributed by atoms with Gasteiger partial charge in [-0.3, -0.25) is 5.10 Å². The van der Waals surface area contributed by atoms with Gasteiger partial charge in [-0.25, -0.2) is 22.5 Å². The van der Waals surface area contributed by atoms with E-state index in [1.54, 1.807) is 6.92 Å². The summed E-state index contributed by atoms with van der Waals surface area (Å²) in [5, 5.41) is 6.97. The van der Waals surface area contributed by atoms with E-state index in [2.05, 4.69) is 19.9 Å². The van der Waals surface area contributed by atoms with Gasteiger partial charge in [0.05, 0.1) is 4.90 Å². The summed E-state index contributed by atoms with van der Waals surface area (Å²) in [6.45, 7) is 1.75. The summed E-state index contributed by atoms with van der Waals surface area (Å²) in [7, 11) is -3.78. The van der Waals surface area contributed by atoms with Crippen molar-refractivity contribution < 1.29 is 12.8 Å². The second-order valence-electron chi connectivity index (χ2n) is 5.92. The summed E-state index contributed by atoms with van der Waals surface area (Å²) < 4.78 is 40.4. The fraction of sp³-hybridized carbons (Fsp3) is 0.222. The standard InChI is InChI=1S/C18H19FN4O2S/c1-13-7-8-15(19)12-16(13)26(24,25)20-10-9-17-21-18(23-22-17)11-14-5-3-2-4-6-14/h2-8,12,20H,9-11H2,1H3,(H,21,22,23). The molecule has 3 aromatic rings. The molecule has 0 bridgehead atoms. The summed E-state index contributed by atoms with van der Waals surface area (Å²) in [6.07, 6.45) is 0.959. The molecule has 1 aromatic heterocycles. The molecule has 6 nitrogen and oxygen atoms in total. The normalized spacial score (nSPS) is 11.6. The minimum absolute atomic E-state index is 0.0581. The highest BCUT2D eigenvalue weighted by Crippen LogP contribution is 2.16. The lowest BCUT2D eigenvalue weighted by molar-refractivity contribution is 0.576. The molecular weight excluding hydrogens is 355 g/mol. The highest BCUT2D eigenvalue weighted by molar-refractivity contribution is 7.89. The summed E-state index contributed by atoms with van der Waals surface area (Å²) in [6, 6.07) is 13.5. The molecule has 0 radical (unpaired) electrons. The van der Waals surface area contributed by atoms with E-state index in [4.69, 9.17) is 0 Å². The van der Waals surface area contributed by atoms with Gasteiger partial charge in [0.15, 0.2) is 5.82 Å². The number of hydrogen-bond acceptors (Lipinski definition) is 4. The molecule has 0 aliphatic rings. The first kappa shape index (κ1) is 18.2. The first-order valence-corrected chi connectivity index (χ1v) is 9.62. The Hall–Kier alpha value is -2.58. The van der Waals surface area contributed by atoms with Crippen LogP contribution in [-0.2, 0) is 22.9 Å². The lowest BCUT2D eigenvalue weighted by Gasteiger charge is -2.08. The van der Waals surface area contributed by atoms with Crippen LogP contribution in [0.25, 0.3) is 0 Å². The molecule has 136 valence electrons. The molecule has 2 aromatic carbocycles. The average Bonchev–Trinajstić information content (AvgIpc) is 3.05. The molecule has 0 saturated heterocycles. The van der Waals surface area contributed by atoms with E-state index in [0.717, 1.165) is 17.5 Å². The number of nitrogens with zero attached hydrogens (tertiary/aromatic N) is 2. The quantitative estimate of drug-likeness (QED) is 0.665. The second kappa shape index (κ2) is 7.76. The van der Waals surface area contributed by atoms with Crippen LogP contribution in [-0.4, -0.2) is 30.1 Å². The maximum atomic E-state index is 13.3. The van der Waals surface area contributed by atoms with Gasteiger partial charge in [0.2, 0.25) is 10.0 Å². The number of sulfonamides is 1. The smallest absolute Gasteiger partial charge is 0.240 e. The zero-order chi connectivity index (χ0) is 18.6. The number of aromatic nitrogens is 3. The van der Waals surface area contributed by atoms with E-state index in [1.807, 2.05) is 30.3 Å². The summed E-state index contributed by atoms with van der Waals surface area (Å²) in [5.74, 6) is 0.653. The largest absolute Gasteiger partial charge is 0.263 e. The molecule has 1 heterocycles. The van der Waals surface area contributed by atoms with Crippen LogP contribution in [0.15, 0.2) is 53.4 Å². The van der Waals surface area contributed by atoms with Crippen LogP contribution >= 0.6 is 0 Å². The Kier molecular flexibility index (Phi) is 5.43. The van der Waals surface area contributed by atoms with Gasteiger partial charge in [0, 0.05) is 19.4 Å². The van der Waals surface area contributed by atoms with E-state index in [0.29, 0.717) is 24.2 Å². The lowest BCUT2D eigenvalue weighted by atomic mass is 10.1. The first-order chi connectivity index (χ1) is 12.4. The minimum Gasteiger partial charge on any atom is -0.263 e. The molecule has 8 heteroatoms. The number of aromatic amines is 1. The molecule has 0 spiro atoms. The van der Waals surface area contributed by atoms with Gasteiger partial charge < -0.3 is 0 Å². The van der Waals surface area contributed by atoms with Crippen molar-refractivity contribution in [2.24, 2.45) is 0 Å². The Morgan fingerprint density at radius 2 is 1.92 bits per heavy atom. The predicted octanol–water partition coefficient (Wildman–Crippen LogP) is 2.36. The van der Waals surface area contributed by atoms with Crippen LogP contribution in [0.2, 0.25) is 0 Å². The van der Waals surface area contributed by atoms with Crippen molar-refractivity contribution in [3.63, 3.8) is 0 Å². The highest BCUT2D eigenvalue weighted by atomic mass is 32.2. The average molecular weight is 374 g/mol. The number of H-pyrrole nitrogens is 1. The fourth-order valence-corrected chi connectivity index (χ4v) is 3.84. The third-order valence-electron chi connectivity index (χ3n) is 3.87. The molecule has 0 saturated carbocycles. The Morgan fingerprint density at radius 1 is 1.15 bits per heavy atom.